The Kier molecular flexibility index (Phi) is 2.54. The Bertz CT molecular complexity index is 492. The van der Waals surface area contributed by atoms with Crippen molar-refractivity contribution in [1.82, 2.24) is 15.2 Å². The van der Waals surface area contributed by atoms with Crippen molar-refractivity contribution in [2.24, 2.45) is 0 Å². The zero-order valence-corrected chi connectivity index (χ0v) is 10.2. The molecule has 0 spiro atoms. The standard InChI is InChI=1S/C13H17N3/c1-9-6-5-7-10(8-9)11-14-12(16-15-11)13(2,3)4/h5-8H,1-4H3,(H,14,15,16). The molecule has 84 valence electrons. The molecule has 1 N–H and O–H groups in total. The number of H-pyrrole nitrogens is 1. The Morgan fingerprint density at radius 3 is 2.50 bits per heavy atom. The molecule has 2 aromatic rings. The first-order valence-corrected chi connectivity index (χ1v) is 5.47. The fraction of sp³-hybridized carbons (Fsp3) is 0.385. The summed E-state index contributed by atoms with van der Waals surface area (Å²) in [5.74, 6) is 1.69. The number of nitrogens with zero attached hydrogens (tertiary/aromatic N) is 2. The lowest BCUT2D eigenvalue weighted by Crippen LogP contribution is -2.13. The molecule has 0 fully saturated rings. The Morgan fingerprint density at radius 2 is 1.94 bits per heavy atom. The van der Waals surface area contributed by atoms with Gasteiger partial charge < -0.3 is 0 Å². The molecule has 0 aliphatic rings. The van der Waals surface area contributed by atoms with E-state index in [1.54, 1.807) is 0 Å². The van der Waals surface area contributed by atoms with Gasteiger partial charge in [0.1, 0.15) is 5.82 Å². The van der Waals surface area contributed by atoms with Crippen LogP contribution >= 0.6 is 0 Å². The number of benzene rings is 1. The molecule has 3 heteroatoms. The summed E-state index contributed by atoms with van der Waals surface area (Å²) in [5.41, 5.74) is 2.29. The summed E-state index contributed by atoms with van der Waals surface area (Å²) < 4.78 is 0. The lowest BCUT2D eigenvalue weighted by molar-refractivity contribution is 0.548. The number of aromatic nitrogens is 3. The van der Waals surface area contributed by atoms with Crippen LogP contribution in [0.4, 0.5) is 0 Å². The largest absolute Gasteiger partial charge is 0.262 e. The molecule has 0 aliphatic heterocycles. The quantitative estimate of drug-likeness (QED) is 0.794. The molecule has 1 aromatic heterocycles. The number of aromatic amines is 1. The SMILES string of the molecule is Cc1cccc(-c2n[nH]c(C(C)(C)C)n2)c1. The van der Waals surface area contributed by atoms with Crippen LogP contribution in [-0.4, -0.2) is 15.2 Å². The summed E-state index contributed by atoms with van der Waals surface area (Å²) in [5, 5.41) is 7.26. The minimum absolute atomic E-state index is 0.00900. The van der Waals surface area contributed by atoms with Crippen molar-refractivity contribution in [3.05, 3.63) is 35.7 Å². The first kappa shape index (κ1) is 10.9. The van der Waals surface area contributed by atoms with Crippen LogP contribution in [-0.2, 0) is 5.41 Å². The maximum Gasteiger partial charge on any atom is 0.181 e. The minimum Gasteiger partial charge on any atom is -0.262 e. The van der Waals surface area contributed by atoms with E-state index in [0.29, 0.717) is 0 Å². The Morgan fingerprint density at radius 1 is 1.19 bits per heavy atom. The van der Waals surface area contributed by atoms with Crippen molar-refractivity contribution >= 4 is 0 Å². The monoisotopic (exact) mass is 215 g/mol. The van der Waals surface area contributed by atoms with Gasteiger partial charge in [0.05, 0.1) is 0 Å². The van der Waals surface area contributed by atoms with E-state index >= 15 is 0 Å². The second-order valence-corrected chi connectivity index (χ2v) is 5.13. The molecule has 0 atom stereocenters. The van der Waals surface area contributed by atoms with E-state index in [2.05, 4.69) is 55.0 Å². The van der Waals surface area contributed by atoms with E-state index in [-0.39, 0.29) is 5.41 Å². The molecular weight excluding hydrogens is 198 g/mol. The predicted molar refractivity (Wildman–Crippen MR) is 65.3 cm³/mol. The molecule has 0 aliphatic carbocycles. The lowest BCUT2D eigenvalue weighted by atomic mass is 9.96. The Labute approximate surface area is 95.9 Å². The van der Waals surface area contributed by atoms with Crippen LogP contribution in [0.2, 0.25) is 0 Å². The van der Waals surface area contributed by atoms with Crippen LogP contribution in [0.15, 0.2) is 24.3 Å². The van der Waals surface area contributed by atoms with E-state index in [1.165, 1.54) is 5.56 Å². The molecule has 0 radical (unpaired) electrons. The van der Waals surface area contributed by atoms with Gasteiger partial charge in [0.2, 0.25) is 0 Å². The minimum atomic E-state index is 0.00900. The van der Waals surface area contributed by atoms with E-state index in [0.717, 1.165) is 17.2 Å². The van der Waals surface area contributed by atoms with Crippen LogP contribution in [0.25, 0.3) is 11.4 Å². The van der Waals surface area contributed by atoms with Gasteiger partial charge in [-0.15, -0.1) is 0 Å². The van der Waals surface area contributed by atoms with Crippen molar-refractivity contribution in [1.29, 1.82) is 0 Å². The average Bonchev–Trinajstić information content (AvgIpc) is 2.65. The molecule has 0 saturated carbocycles. The first-order chi connectivity index (χ1) is 7.47. The Balaban J connectivity index is 2.39. The molecule has 16 heavy (non-hydrogen) atoms. The molecule has 2 rings (SSSR count). The Hall–Kier alpha value is -1.64. The van der Waals surface area contributed by atoms with Gasteiger partial charge >= 0.3 is 0 Å². The number of hydrogen-bond donors (Lipinski definition) is 1. The summed E-state index contributed by atoms with van der Waals surface area (Å²) in [6, 6.07) is 8.22. The summed E-state index contributed by atoms with van der Waals surface area (Å²) in [6.45, 7) is 8.43. The topological polar surface area (TPSA) is 41.6 Å². The van der Waals surface area contributed by atoms with Gasteiger partial charge in [0, 0.05) is 11.0 Å². The zero-order valence-electron chi connectivity index (χ0n) is 10.2. The van der Waals surface area contributed by atoms with Gasteiger partial charge in [-0.1, -0.05) is 44.5 Å². The number of hydrogen-bond acceptors (Lipinski definition) is 2. The van der Waals surface area contributed by atoms with Crippen LogP contribution in [0.1, 0.15) is 32.2 Å². The number of nitrogens with one attached hydrogen (secondary N) is 1. The average molecular weight is 215 g/mol. The molecule has 1 aromatic carbocycles. The van der Waals surface area contributed by atoms with Crippen LogP contribution < -0.4 is 0 Å². The highest BCUT2D eigenvalue weighted by atomic mass is 15.2. The highest BCUT2D eigenvalue weighted by Gasteiger charge is 2.18. The molecule has 0 bridgehead atoms. The summed E-state index contributed by atoms with van der Waals surface area (Å²) in [7, 11) is 0. The third-order valence-electron chi connectivity index (χ3n) is 2.47. The predicted octanol–water partition coefficient (Wildman–Crippen LogP) is 3.08. The summed E-state index contributed by atoms with van der Waals surface area (Å²) in [4.78, 5) is 4.53. The van der Waals surface area contributed by atoms with Gasteiger partial charge in [-0.2, -0.15) is 5.10 Å². The summed E-state index contributed by atoms with van der Waals surface area (Å²) in [6.07, 6.45) is 0. The third-order valence-corrected chi connectivity index (χ3v) is 2.47. The molecule has 3 nitrogen and oxygen atoms in total. The van der Waals surface area contributed by atoms with Crippen molar-refractivity contribution in [3.8, 4) is 11.4 Å². The fourth-order valence-corrected chi connectivity index (χ4v) is 1.51. The van der Waals surface area contributed by atoms with Gasteiger partial charge in [0.15, 0.2) is 5.82 Å². The molecular formula is C13H17N3. The van der Waals surface area contributed by atoms with E-state index < -0.39 is 0 Å². The second-order valence-electron chi connectivity index (χ2n) is 5.13. The van der Waals surface area contributed by atoms with Crippen LogP contribution in [0, 0.1) is 6.92 Å². The highest BCUT2D eigenvalue weighted by molar-refractivity contribution is 5.55. The fourth-order valence-electron chi connectivity index (χ4n) is 1.51. The number of rotatable bonds is 1. The molecule has 0 unspecified atom stereocenters. The molecule has 1 heterocycles. The molecule has 0 amide bonds. The van der Waals surface area contributed by atoms with E-state index in [9.17, 15) is 0 Å². The van der Waals surface area contributed by atoms with E-state index in [1.807, 2.05) is 12.1 Å². The lowest BCUT2D eigenvalue weighted by Gasteiger charge is -2.12. The smallest absolute Gasteiger partial charge is 0.181 e. The maximum absolute atomic E-state index is 4.53. The van der Waals surface area contributed by atoms with Crippen LogP contribution in [0.3, 0.4) is 0 Å². The third kappa shape index (κ3) is 2.13. The van der Waals surface area contributed by atoms with Gasteiger partial charge in [-0.3, -0.25) is 5.10 Å². The maximum atomic E-state index is 4.53. The second kappa shape index (κ2) is 3.74. The van der Waals surface area contributed by atoms with Crippen molar-refractivity contribution in [2.45, 2.75) is 33.1 Å². The van der Waals surface area contributed by atoms with Crippen molar-refractivity contribution in [2.75, 3.05) is 0 Å². The normalized spacial score (nSPS) is 11.8. The molecule has 0 saturated heterocycles. The van der Waals surface area contributed by atoms with Gasteiger partial charge in [-0.05, 0) is 13.0 Å². The highest BCUT2D eigenvalue weighted by Crippen LogP contribution is 2.21. The summed E-state index contributed by atoms with van der Waals surface area (Å²) >= 11 is 0. The first-order valence-electron chi connectivity index (χ1n) is 5.47. The number of aryl methyl sites for hydroxylation is 1. The van der Waals surface area contributed by atoms with E-state index in [4.69, 9.17) is 0 Å². The van der Waals surface area contributed by atoms with Gasteiger partial charge in [-0.25, -0.2) is 4.98 Å². The van der Waals surface area contributed by atoms with Crippen molar-refractivity contribution in [3.63, 3.8) is 0 Å². The van der Waals surface area contributed by atoms with Gasteiger partial charge in [0.25, 0.3) is 0 Å². The van der Waals surface area contributed by atoms with Crippen LogP contribution in [0.5, 0.6) is 0 Å². The zero-order chi connectivity index (χ0) is 11.8. The van der Waals surface area contributed by atoms with Crippen molar-refractivity contribution < 1.29 is 0 Å².